The molecule has 0 saturated carbocycles. The Morgan fingerprint density at radius 1 is 0.966 bits per heavy atom. The molecule has 0 saturated heterocycles. The Balaban J connectivity index is 1.71. The summed E-state index contributed by atoms with van der Waals surface area (Å²) >= 11 is 1.72. The van der Waals surface area contributed by atoms with Crippen LogP contribution in [0.3, 0.4) is 0 Å². The molecule has 0 aliphatic rings. The first-order valence-electron chi connectivity index (χ1n) is 9.93. The molecule has 0 radical (unpaired) electrons. The fraction of sp³-hybridized carbons (Fsp3) is 0.333. The predicted molar refractivity (Wildman–Crippen MR) is 117 cm³/mol. The lowest BCUT2D eigenvalue weighted by Gasteiger charge is -2.11. The highest BCUT2D eigenvalue weighted by atomic mass is 32.1. The molecular formula is C24H28O4S. The zero-order valence-corrected chi connectivity index (χ0v) is 17.5. The summed E-state index contributed by atoms with van der Waals surface area (Å²) in [4.78, 5) is 1.19. The van der Waals surface area contributed by atoms with Crippen molar-refractivity contribution in [2.24, 2.45) is 0 Å². The van der Waals surface area contributed by atoms with Crippen LogP contribution in [-0.2, 0) is 19.8 Å². The highest BCUT2D eigenvalue weighted by Gasteiger charge is 2.12. The Bertz CT molecular complexity index is 919. The second-order valence-electron chi connectivity index (χ2n) is 7.10. The zero-order chi connectivity index (χ0) is 20.6. The number of aliphatic hydroxyl groups is 3. The van der Waals surface area contributed by atoms with Gasteiger partial charge in [-0.15, -0.1) is 11.3 Å². The molecule has 4 nitrogen and oxygen atoms in total. The van der Waals surface area contributed by atoms with Gasteiger partial charge in [0.05, 0.1) is 13.2 Å². The summed E-state index contributed by atoms with van der Waals surface area (Å²) in [5.41, 5.74) is 4.81. The van der Waals surface area contributed by atoms with Crippen LogP contribution in [-0.4, -0.2) is 21.9 Å². The van der Waals surface area contributed by atoms with Gasteiger partial charge in [-0.3, -0.25) is 0 Å². The minimum atomic E-state index is -0.102. The number of hydrogen-bond acceptors (Lipinski definition) is 5. The van der Waals surface area contributed by atoms with E-state index in [-0.39, 0.29) is 19.8 Å². The van der Waals surface area contributed by atoms with E-state index in [4.69, 9.17) is 4.74 Å². The molecule has 29 heavy (non-hydrogen) atoms. The van der Waals surface area contributed by atoms with Gasteiger partial charge in [0.25, 0.3) is 0 Å². The van der Waals surface area contributed by atoms with E-state index in [0.717, 1.165) is 40.8 Å². The van der Waals surface area contributed by atoms with Gasteiger partial charge in [-0.1, -0.05) is 31.2 Å². The van der Waals surface area contributed by atoms with Crippen LogP contribution >= 0.6 is 11.3 Å². The number of benzene rings is 2. The molecule has 0 bridgehead atoms. The molecule has 3 rings (SSSR count). The third kappa shape index (κ3) is 5.46. The van der Waals surface area contributed by atoms with Gasteiger partial charge in [0.2, 0.25) is 0 Å². The van der Waals surface area contributed by atoms with Crippen molar-refractivity contribution < 1.29 is 20.1 Å². The molecule has 1 aromatic heterocycles. The Morgan fingerprint density at radius 2 is 1.79 bits per heavy atom. The number of ether oxygens (including phenoxy) is 1. The molecule has 154 valence electrons. The van der Waals surface area contributed by atoms with Gasteiger partial charge in [0.15, 0.2) is 0 Å². The SMILES string of the molecule is CCC(CCO)c1csc(-c2cccc(OCc3ccc(CO)c(CO)c3)c2)c1. The fourth-order valence-electron chi connectivity index (χ4n) is 3.46. The number of thiophene rings is 1. The lowest BCUT2D eigenvalue weighted by Crippen LogP contribution is -2.00. The topological polar surface area (TPSA) is 69.9 Å². The maximum absolute atomic E-state index is 9.45. The number of hydrogen-bond donors (Lipinski definition) is 3. The summed E-state index contributed by atoms with van der Waals surface area (Å²) in [7, 11) is 0. The lowest BCUT2D eigenvalue weighted by atomic mass is 9.95. The standard InChI is InChI=1S/C24H28O4S/c1-2-18(8-9-25)22-12-24(29-16-22)19-4-3-5-23(11-19)28-15-17-6-7-20(13-26)21(10-17)14-27/h3-7,10-12,16,18,25-27H,2,8-9,13-15H2,1H3. The van der Waals surface area contributed by atoms with Crippen LogP contribution in [0.25, 0.3) is 10.4 Å². The highest BCUT2D eigenvalue weighted by Crippen LogP contribution is 2.34. The molecule has 0 fully saturated rings. The summed E-state index contributed by atoms with van der Waals surface area (Å²) in [5, 5.41) is 30.2. The van der Waals surface area contributed by atoms with Crippen molar-refractivity contribution in [3.8, 4) is 16.2 Å². The Morgan fingerprint density at radius 3 is 2.52 bits per heavy atom. The molecule has 3 aromatic rings. The molecule has 0 spiro atoms. The van der Waals surface area contributed by atoms with E-state index in [9.17, 15) is 15.3 Å². The average Bonchev–Trinajstić information content (AvgIpc) is 3.26. The third-order valence-electron chi connectivity index (χ3n) is 5.20. The van der Waals surface area contributed by atoms with E-state index >= 15 is 0 Å². The summed E-state index contributed by atoms with van der Waals surface area (Å²) < 4.78 is 5.97. The molecule has 0 aliphatic heterocycles. The van der Waals surface area contributed by atoms with E-state index in [1.807, 2.05) is 36.4 Å². The van der Waals surface area contributed by atoms with E-state index in [1.54, 1.807) is 11.3 Å². The summed E-state index contributed by atoms with van der Waals surface area (Å²) in [6, 6.07) is 15.9. The van der Waals surface area contributed by atoms with Gasteiger partial charge in [-0.05, 0) is 76.2 Å². The largest absolute Gasteiger partial charge is 0.489 e. The van der Waals surface area contributed by atoms with Crippen molar-refractivity contribution in [1.29, 1.82) is 0 Å². The quantitative estimate of drug-likeness (QED) is 0.445. The van der Waals surface area contributed by atoms with Gasteiger partial charge in [0, 0.05) is 11.5 Å². The first-order chi connectivity index (χ1) is 14.2. The monoisotopic (exact) mass is 412 g/mol. The molecule has 1 atom stereocenters. The third-order valence-corrected chi connectivity index (χ3v) is 6.19. The van der Waals surface area contributed by atoms with Crippen LogP contribution in [0.2, 0.25) is 0 Å². The van der Waals surface area contributed by atoms with Crippen LogP contribution < -0.4 is 4.74 Å². The van der Waals surface area contributed by atoms with Crippen LogP contribution in [0, 0.1) is 0 Å². The van der Waals surface area contributed by atoms with E-state index in [0.29, 0.717) is 12.5 Å². The smallest absolute Gasteiger partial charge is 0.120 e. The Hall–Kier alpha value is -2.18. The molecule has 1 unspecified atom stereocenters. The lowest BCUT2D eigenvalue weighted by molar-refractivity contribution is 0.259. The van der Waals surface area contributed by atoms with Crippen LogP contribution in [0.5, 0.6) is 5.75 Å². The van der Waals surface area contributed by atoms with E-state index in [1.165, 1.54) is 10.4 Å². The molecule has 0 amide bonds. The predicted octanol–water partition coefficient (Wildman–Crippen LogP) is 4.85. The molecule has 2 aromatic carbocycles. The van der Waals surface area contributed by atoms with E-state index in [2.05, 4.69) is 24.4 Å². The van der Waals surface area contributed by atoms with Gasteiger partial charge in [-0.2, -0.15) is 0 Å². The van der Waals surface area contributed by atoms with Crippen LogP contribution in [0.15, 0.2) is 53.9 Å². The normalized spacial score (nSPS) is 12.1. The fourth-order valence-corrected chi connectivity index (χ4v) is 4.45. The van der Waals surface area contributed by atoms with Crippen molar-refractivity contribution in [2.45, 2.75) is 45.5 Å². The molecule has 1 heterocycles. The van der Waals surface area contributed by atoms with Crippen molar-refractivity contribution in [2.75, 3.05) is 6.61 Å². The van der Waals surface area contributed by atoms with Crippen molar-refractivity contribution in [3.63, 3.8) is 0 Å². The Labute approximate surface area is 176 Å². The number of rotatable bonds is 10. The second kappa shape index (κ2) is 10.6. The van der Waals surface area contributed by atoms with Crippen molar-refractivity contribution >= 4 is 11.3 Å². The van der Waals surface area contributed by atoms with Crippen LogP contribution in [0.4, 0.5) is 0 Å². The van der Waals surface area contributed by atoms with Crippen molar-refractivity contribution in [1.82, 2.24) is 0 Å². The molecular weight excluding hydrogens is 384 g/mol. The van der Waals surface area contributed by atoms with Crippen LogP contribution in [0.1, 0.15) is 47.9 Å². The summed E-state index contributed by atoms with van der Waals surface area (Å²) in [6.07, 6.45) is 1.81. The van der Waals surface area contributed by atoms with Gasteiger partial charge in [-0.25, -0.2) is 0 Å². The average molecular weight is 413 g/mol. The molecule has 3 N–H and O–H groups in total. The molecule has 5 heteroatoms. The maximum atomic E-state index is 9.45. The first-order valence-corrected chi connectivity index (χ1v) is 10.8. The van der Waals surface area contributed by atoms with Gasteiger partial charge < -0.3 is 20.1 Å². The summed E-state index contributed by atoms with van der Waals surface area (Å²) in [5.74, 6) is 1.18. The van der Waals surface area contributed by atoms with Gasteiger partial charge in [0.1, 0.15) is 12.4 Å². The second-order valence-corrected chi connectivity index (χ2v) is 8.01. The highest BCUT2D eigenvalue weighted by molar-refractivity contribution is 7.13. The summed E-state index contributed by atoms with van der Waals surface area (Å²) in [6.45, 7) is 2.58. The minimum absolute atomic E-state index is 0.0843. The Kier molecular flexibility index (Phi) is 7.83. The minimum Gasteiger partial charge on any atom is -0.489 e. The number of aliphatic hydroxyl groups excluding tert-OH is 3. The van der Waals surface area contributed by atoms with E-state index < -0.39 is 0 Å². The molecule has 0 aliphatic carbocycles. The first kappa shape index (κ1) is 21.5. The zero-order valence-electron chi connectivity index (χ0n) is 16.7. The van der Waals surface area contributed by atoms with Crippen molar-refractivity contribution in [3.05, 3.63) is 76.2 Å². The maximum Gasteiger partial charge on any atom is 0.120 e. The van der Waals surface area contributed by atoms with Gasteiger partial charge >= 0.3 is 0 Å².